The highest BCUT2D eigenvalue weighted by Crippen LogP contribution is 2.33. The number of benzene rings is 1. The summed E-state index contributed by atoms with van der Waals surface area (Å²) in [6.45, 7) is 0. The van der Waals surface area contributed by atoms with Gasteiger partial charge in [-0.15, -0.1) is 0 Å². The van der Waals surface area contributed by atoms with Gasteiger partial charge >= 0.3 is 0 Å². The summed E-state index contributed by atoms with van der Waals surface area (Å²) in [5.41, 5.74) is 0.684. The van der Waals surface area contributed by atoms with Gasteiger partial charge in [0.2, 0.25) is 0 Å². The Labute approximate surface area is 108 Å². The van der Waals surface area contributed by atoms with Gasteiger partial charge in [0, 0.05) is 7.05 Å². The molecule has 1 heterocycles. The first kappa shape index (κ1) is 12.5. The number of hydrogen-bond acceptors (Lipinski definition) is 5. The van der Waals surface area contributed by atoms with Gasteiger partial charge < -0.3 is 9.84 Å². The normalized spacial score (nSPS) is 17.7. The summed E-state index contributed by atoms with van der Waals surface area (Å²) < 4.78 is 4.97. The zero-order valence-electron chi connectivity index (χ0n) is 9.84. The summed E-state index contributed by atoms with van der Waals surface area (Å²) in [4.78, 5) is 24.4. The van der Waals surface area contributed by atoms with Crippen LogP contribution in [0, 0.1) is 0 Å². The maximum atomic E-state index is 11.7. The van der Waals surface area contributed by atoms with Gasteiger partial charge in [0.25, 0.3) is 11.1 Å². The van der Waals surface area contributed by atoms with E-state index in [-0.39, 0.29) is 16.9 Å². The molecule has 1 N–H and O–H groups in total. The van der Waals surface area contributed by atoms with E-state index in [0.717, 1.165) is 16.7 Å². The van der Waals surface area contributed by atoms with Gasteiger partial charge in [-0.2, -0.15) is 0 Å². The number of likely N-dealkylation sites (N-methyl/N-ethyl adjacent to an activating group) is 1. The van der Waals surface area contributed by atoms with Crippen LogP contribution in [0.2, 0.25) is 0 Å². The van der Waals surface area contributed by atoms with Gasteiger partial charge in [0.15, 0.2) is 11.5 Å². The van der Waals surface area contributed by atoms with E-state index in [4.69, 9.17) is 4.74 Å². The van der Waals surface area contributed by atoms with Crippen molar-refractivity contribution in [2.75, 3.05) is 14.2 Å². The van der Waals surface area contributed by atoms with Gasteiger partial charge in [-0.25, -0.2) is 0 Å². The largest absolute Gasteiger partial charge is 0.504 e. The fraction of sp³-hybridized carbons (Fsp3) is 0.167. The van der Waals surface area contributed by atoms with Crippen molar-refractivity contribution in [1.29, 1.82) is 0 Å². The van der Waals surface area contributed by atoms with E-state index >= 15 is 0 Å². The molecule has 1 aromatic carbocycles. The molecular weight excluding hydrogens is 254 g/mol. The Hall–Kier alpha value is -1.95. The maximum absolute atomic E-state index is 11.7. The number of hydrogen-bond donors (Lipinski definition) is 1. The Morgan fingerprint density at radius 3 is 2.67 bits per heavy atom. The van der Waals surface area contributed by atoms with Crippen LogP contribution >= 0.6 is 11.8 Å². The predicted octanol–water partition coefficient (Wildman–Crippen LogP) is 2.07. The molecular formula is C12H11NO4S. The van der Waals surface area contributed by atoms with Crippen LogP contribution < -0.4 is 4.74 Å². The highest BCUT2D eigenvalue weighted by molar-refractivity contribution is 8.18. The number of amides is 2. The van der Waals surface area contributed by atoms with Crippen LogP contribution in [0.3, 0.4) is 0 Å². The molecule has 1 saturated heterocycles. The Morgan fingerprint density at radius 2 is 2.11 bits per heavy atom. The summed E-state index contributed by atoms with van der Waals surface area (Å²) in [7, 11) is 2.88. The molecule has 6 heteroatoms. The minimum absolute atomic E-state index is 0.0262. The second kappa shape index (κ2) is 4.73. The molecule has 1 aromatic rings. The number of thioether (sulfide) groups is 1. The van der Waals surface area contributed by atoms with Crippen molar-refractivity contribution in [3.8, 4) is 11.5 Å². The quantitative estimate of drug-likeness (QED) is 0.829. The van der Waals surface area contributed by atoms with Crippen LogP contribution in [0.1, 0.15) is 5.56 Å². The van der Waals surface area contributed by atoms with Crippen LogP contribution in [0.5, 0.6) is 11.5 Å². The molecule has 1 fully saturated rings. The standard InChI is InChI=1S/C12H11NO4S/c1-13-11(15)10(18-12(13)16)6-7-3-4-8(14)9(5-7)17-2/h3-6,14H,1-2H3/b10-6+. The number of phenolic OH excluding ortho intramolecular Hbond substituents is 1. The molecule has 0 unspecified atom stereocenters. The summed E-state index contributed by atoms with van der Waals surface area (Å²) in [6.07, 6.45) is 1.59. The number of imide groups is 1. The first-order valence-corrected chi connectivity index (χ1v) is 5.93. The Kier molecular flexibility index (Phi) is 3.29. The molecule has 2 amide bonds. The van der Waals surface area contributed by atoms with Crippen molar-refractivity contribution in [1.82, 2.24) is 4.90 Å². The summed E-state index contributed by atoms with van der Waals surface area (Å²) in [5.74, 6) is 0.0229. The fourth-order valence-electron chi connectivity index (χ4n) is 1.48. The molecule has 1 aliphatic heterocycles. The third-order valence-electron chi connectivity index (χ3n) is 2.49. The van der Waals surface area contributed by atoms with Crippen LogP contribution in [0.25, 0.3) is 6.08 Å². The third kappa shape index (κ3) is 2.19. The first-order valence-electron chi connectivity index (χ1n) is 5.11. The molecule has 1 aliphatic rings. The molecule has 0 radical (unpaired) electrons. The monoisotopic (exact) mass is 265 g/mol. The Morgan fingerprint density at radius 1 is 1.39 bits per heavy atom. The maximum Gasteiger partial charge on any atom is 0.293 e. The molecule has 18 heavy (non-hydrogen) atoms. The second-order valence-corrected chi connectivity index (χ2v) is 4.67. The smallest absolute Gasteiger partial charge is 0.293 e. The van der Waals surface area contributed by atoms with Gasteiger partial charge in [-0.3, -0.25) is 14.5 Å². The molecule has 0 aromatic heterocycles. The molecule has 2 rings (SSSR count). The van der Waals surface area contributed by atoms with Crippen molar-refractivity contribution in [3.05, 3.63) is 28.7 Å². The number of methoxy groups -OCH3 is 1. The van der Waals surface area contributed by atoms with Gasteiger partial charge in [0.1, 0.15) is 0 Å². The number of aromatic hydroxyl groups is 1. The summed E-state index contributed by atoms with van der Waals surface area (Å²) in [6, 6.07) is 4.71. The highest BCUT2D eigenvalue weighted by atomic mass is 32.2. The molecule has 5 nitrogen and oxygen atoms in total. The zero-order chi connectivity index (χ0) is 13.3. The lowest BCUT2D eigenvalue weighted by atomic mass is 10.2. The van der Waals surface area contributed by atoms with Gasteiger partial charge in [-0.1, -0.05) is 6.07 Å². The molecule has 94 valence electrons. The summed E-state index contributed by atoms with van der Waals surface area (Å²) in [5, 5.41) is 9.16. The van der Waals surface area contributed by atoms with Crippen molar-refractivity contribution in [2.45, 2.75) is 0 Å². The van der Waals surface area contributed by atoms with E-state index in [0.29, 0.717) is 16.2 Å². The van der Waals surface area contributed by atoms with E-state index in [1.54, 1.807) is 18.2 Å². The van der Waals surface area contributed by atoms with E-state index in [9.17, 15) is 14.7 Å². The van der Waals surface area contributed by atoms with Crippen molar-refractivity contribution in [2.24, 2.45) is 0 Å². The Balaban J connectivity index is 2.34. The number of ether oxygens (including phenoxy) is 1. The lowest BCUT2D eigenvalue weighted by Gasteiger charge is -2.04. The lowest BCUT2D eigenvalue weighted by molar-refractivity contribution is -0.121. The van der Waals surface area contributed by atoms with Gasteiger partial charge in [0.05, 0.1) is 12.0 Å². The third-order valence-corrected chi connectivity index (χ3v) is 3.45. The number of carbonyl (C=O) groups is 2. The molecule has 0 bridgehead atoms. The number of nitrogens with zero attached hydrogens (tertiary/aromatic N) is 1. The van der Waals surface area contributed by atoms with E-state index in [1.165, 1.54) is 20.2 Å². The van der Waals surface area contributed by atoms with Gasteiger partial charge in [-0.05, 0) is 35.5 Å². The van der Waals surface area contributed by atoms with Crippen LogP contribution in [0.4, 0.5) is 4.79 Å². The molecule has 0 atom stereocenters. The second-order valence-electron chi connectivity index (χ2n) is 3.67. The highest BCUT2D eigenvalue weighted by Gasteiger charge is 2.31. The average molecular weight is 265 g/mol. The van der Waals surface area contributed by atoms with Crippen LogP contribution in [-0.4, -0.2) is 35.3 Å². The topological polar surface area (TPSA) is 66.8 Å². The molecule has 0 spiro atoms. The number of phenols is 1. The van der Waals surface area contributed by atoms with Crippen molar-refractivity contribution in [3.63, 3.8) is 0 Å². The van der Waals surface area contributed by atoms with E-state index < -0.39 is 0 Å². The van der Waals surface area contributed by atoms with Crippen LogP contribution in [-0.2, 0) is 4.79 Å². The van der Waals surface area contributed by atoms with Crippen molar-refractivity contribution < 1.29 is 19.4 Å². The number of carbonyl (C=O) groups excluding carboxylic acids is 2. The average Bonchev–Trinajstić information content (AvgIpc) is 2.59. The first-order chi connectivity index (χ1) is 8.52. The SMILES string of the molecule is COc1cc(/C=C2/SC(=O)N(C)C2=O)ccc1O. The molecule has 0 aliphatic carbocycles. The van der Waals surface area contributed by atoms with E-state index in [1.807, 2.05) is 0 Å². The van der Waals surface area contributed by atoms with E-state index in [2.05, 4.69) is 0 Å². The van der Waals surface area contributed by atoms with Crippen molar-refractivity contribution >= 4 is 29.0 Å². The molecule has 0 saturated carbocycles. The van der Waals surface area contributed by atoms with Crippen LogP contribution in [0.15, 0.2) is 23.1 Å². The fourth-order valence-corrected chi connectivity index (χ4v) is 2.31. The summed E-state index contributed by atoms with van der Waals surface area (Å²) >= 11 is 0.890. The predicted molar refractivity (Wildman–Crippen MR) is 68.4 cm³/mol. The number of rotatable bonds is 2. The lowest BCUT2D eigenvalue weighted by Crippen LogP contribution is -2.22. The Bertz CT molecular complexity index is 553. The zero-order valence-corrected chi connectivity index (χ0v) is 10.7. The minimum Gasteiger partial charge on any atom is -0.504 e. The minimum atomic E-state index is -0.322.